The molecule has 0 aliphatic heterocycles. The van der Waals surface area contributed by atoms with Crippen molar-refractivity contribution in [2.24, 2.45) is 0 Å². The maximum absolute atomic E-state index is 2.37. The Bertz CT molecular complexity index is 5960. The van der Waals surface area contributed by atoms with Crippen molar-refractivity contribution in [2.75, 3.05) is 0 Å². The molecule has 0 saturated carbocycles. The Morgan fingerprint density at radius 3 is 0.473 bits per heavy atom. The summed E-state index contributed by atoms with van der Waals surface area (Å²) >= 11 is 0. The van der Waals surface area contributed by atoms with Crippen LogP contribution >= 0.6 is 0 Å². The number of hydrogen-bond acceptors (Lipinski definition) is 0. The quantitative estimate of drug-likeness (QED) is 0.102. The lowest BCUT2D eigenvalue weighted by Gasteiger charge is -2.19. The molecule has 0 saturated heterocycles. The van der Waals surface area contributed by atoms with E-state index in [0.717, 1.165) is 0 Å². The standard InChI is InChI=1S/2C31H24.2C25H20.18C2H6/c1-23-12-11-19-27(20-23)31-22-29(25-15-7-3-8-16-25)28(24-13-5-2-6-14-24)21-30(31)26-17-9-4-10-18-26;1-23-12-11-19-27(20-23)31-29(25-15-7-3-8-16-25)21-28(24-13-5-2-6-14-24)22-30(31)26-17-9-4-10-18-26;1-19-10-8-15-22(18-19)25-23(20-11-4-2-5-12-20)16-9-17-24(25)21-13-6-3-7-14-21;1-19-9-8-14-23(17-19)25-18-22(20-10-4-2-5-11-20)15-16-24(25)21-12-6-3-7-13-21;18*1-2/h2*2-22H,1H3;2*2-18H,1H3;18*1-2H3. The molecule has 18 aromatic rings. The van der Waals surface area contributed by atoms with E-state index in [2.05, 4.69) is 489 Å². The summed E-state index contributed by atoms with van der Waals surface area (Å²) in [6.07, 6.45) is 0. The smallest absolute Gasteiger partial charge is 0.00263 e. The highest BCUT2D eigenvalue weighted by Gasteiger charge is 2.21. The summed E-state index contributed by atoms with van der Waals surface area (Å²) in [5.41, 5.74) is 40.1. The first kappa shape index (κ1) is 140. The van der Waals surface area contributed by atoms with Crippen LogP contribution in [0.5, 0.6) is 0 Å². The Morgan fingerprint density at radius 1 is 0.0811 bits per heavy atom. The van der Waals surface area contributed by atoms with Gasteiger partial charge in [0.2, 0.25) is 0 Å². The van der Waals surface area contributed by atoms with Crippen LogP contribution in [-0.4, -0.2) is 0 Å². The van der Waals surface area contributed by atoms with Gasteiger partial charge in [-0.3, -0.25) is 0 Å². The Morgan fingerprint density at radius 2 is 0.236 bits per heavy atom. The molecule has 148 heavy (non-hydrogen) atoms. The molecule has 18 rings (SSSR count). The first-order valence-corrected chi connectivity index (χ1v) is 56.7. The normalized spacial score (nSPS) is 8.81. The molecule has 0 N–H and O–H groups in total. The van der Waals surface area contributed by atoms with Crippen LogP contribution in [0, 0.1) is 27.7 Å². The van der Waals surface area contributed by atoms with Crippen molar-refractivity contribution >= 4 is 0 Å². The Kier molecular flexibility index (Phi) is 87.9. The van der Waals surface area contributed by atoms with E-state index in [1.807, 2.05) is 249 Å². The Balaban J connectivity index is -0.000000847. The highest BCUT2D eigenvalue weighted by atomic mass is 14.2. The van der Waals surface area contributed by atoms with Gasteiger partial charge in [-0.2, -0.15) is 0 Å². The zero-order chi connectivity index (χ0) is 112. The summed E-state index contributed by atoms with van der Waals surface area (Å²) in [5, 5.41) is 0. The van der Waals surface area contributed by atoms with Gasteiger partial charge in [-0.15, -0.1) is 0 Å². The van der Waals surface area contributed by atoms with E-state index in [9.17, 15) is 0 Å². The third-order valence-electron chi connectivity index (χ3n) is 20.5. The first-order valence-electron chi connectivity index (χ1n) is 56.7. The summed E-state index contributed by atoms with van der Waals surface area (Å²) < 4.78 is 0. The fraction of sp³-hybridized carbons (Fsp3) is 0.270. The first-order chi connectivity index (χ1) is 73.2. The molecule has 0 atom stereocenters. The minimum absolute atomic E-state index is 1.23. The fourth-order valence-electron chi connectivity index (χ4n) is 15.1. The number of benzene rings is 18. The average Bonchev–Trinajstić information content (AvgIpc) is 0.775. The van der Waals surface area contributed by atoms with E-state index >= 15 is 0 Å². The van der Waals surface area contributed by atoms with Gasteiger partial charge >= 0.3 is 0 Å². The molecule has 788 valence electrons. The number of hydrogen-bond donors (Lipinski definition) is 0. The molecule has 0 bridgehead atoms. The zero-order valence-corrected chi connectivity index (χ0v) is 99.9. The van der Waals surface area contributed by atoms with Crippen LogP contribution in [0.15, 0.2) is 461 Å². The van der Waals surface area contributed by atoms with Gasteiger partial charge in [0, 0.05) is 0 Å². The molecular formula is C148H196. The van der Waals surface area contributed by atoms with Crippen LogP contribution in [0.4, 0.5) is 0 Å². The van der Waals surface area contributed by atoms with Gasteiger partial charge in [0.15, 0.2) is 0 Å². The van der Waals surface area contributed by atoms with E-state index < -0.39 is 0 Å². The van der Waals surface area contributed by atoms with E-state index in [0.29, 0.717) is 0 Å². The van der Waals surface area contributed by atoms with Gasteiger partial charge in [-0.1, -0.05) is 702 Å². The van der Waals surface area contributed by atoms with Crippen LogP contribution in [0.3, 0.4) is 0 Å². The van der Waals surface area contributed by atoms with E-state index in [-0.39, 0.29) is 0 Å². The number of aryl methyl sites for hydroxylation is 4. The van der Waals surface area contributed by atoms with Crippen LogP contribution in [0.2, 0.25) is 0 Å². The number of rotatable bonds is 14. The predicted molar refractivity (Wildman–Crippen MR) is 685 cm³/mol. The summed E-state index contributed by atoms with van der Waals surface area (Å²) in [6.45, 7) is 80.6. The van der Waals surface area contributed by atoms with E-state index in [1.165, 1.54) is 178 Å². The molecule has 0 heteroatoms. The second kappa shape index (κ2) is 92.8. The molecule has 0 radical (unpaired) electrons. The summed E-state index contributed by atoms with van der Waals surface area (Å²) in [5.74, 6) is 0. The van der Waals surface area contributed by atoms with Crippen molar-refractivity contribution in [1.82, 2.24) is 0 Å². The van der Waals surface area contributed by atoms with Crippen molar-refractivity contribution in [3.05, 3.63) is 483 Å². The van der Waals surface area contributed by atoms with Gasteiger partial charge in [0.05, 0.1) is 0 Å². The zero-order valence-electron chi connectivity index (χ0n) is 99.9. The van der Waals surface area contributed by atoms with Gasteiger partial charge in [0.25, 0.3) is 0 Å². The predicted octanol–water partition coefficient (Wildman–Crippen LogP) is 49.8. The highest BCUT2D eigenvalue weighted by Crippen LogP contribution is 2.47. The minimum Gasteiger partial charge on any atom is -0.0683 e. The molecule has 0 unspecified atom stereocenters. The van der Waals surface area contributed by atoms with Gasteiger partial charge in [0.1, 0.15) is 0 Å². The van der Waals surface area contributed by atoms with Gasteiger partial charge < -0.3 is 0 Å². The van der Waals surface area contributed by atoms with Crippen LogP contribution in [0.1, 0.15) is 272 Å². The monoisotopic (exact) mass is 1970 g/mol. The molecule has 0 heterocycles. The lowest BCUT2D eigenvalue weighted by molar-refractivity contribution is 1.46. The largest absolute Gasteiger partial charge is 0.0683 e. The molecule has 0 fully saturated rings. The van der Waals surface area contributed by atoms with Crippen molar-refractivity contribution in [3.8, 4) is 156 Å². The molecule has 0 nitrogen and oxygen atoms in total. The molecule has 0 aliphatic rings. The summed E-state index contributed by atoms with van der Waals surface area (Å²) in [6, 6.07) is 165. The molecular weight excluding hydrogens is 1780 g/mol. The maximum Gasteiger partial charge on any atom is -0.00263 e. The SMILES string of the molecule is CC.CC.CC.CC.CC.CC.CC.CC.CC.CC.CC.CC.CC.CC.CC.CC.CC.CC.Cc1cccc(-c2c(-c3ccccc3)cc(-c3ccccc3)cc2-c2ccccc2)c1.Cc1cccc(-c2c(-c3ccccc3)cccc2-c2ccccc2)c1.Cc1cccc(-c2cc(-c3ccccc3)c(-c3ccccc3)cc2-c2ccccc2)c1.Cc1cccc(-c2cc(-c3ccccc3)ccc2-c2ccccc2)c1. The summed E-state index contributed by atoms with van der Waals surface area (Å²) in [4.78, 5) is 0. The summed E-state index contributed by atoms with van der Waals surface area (Å²) in [7, 11) is 0. The lowest BCUT2D eigenvalue weighted by Crippen LogP contribution is -1.93. The molecule has 0 spiro atoms. The Hall–Kier alpha value is -14.0. The van der Waals surface area contributed by atoms with Crippen molar-refractivity contribution in [1.29, 1.82) is 0 Å². The van der Waals surface area contributed by atoms with Crippen molar-refractivity contribution in [3.63, 3.8) is 0 Å². The third kappa shape index (κ3) is 46.4. The molecule has 0 aromatic heterocycles. The second-order valence-corrected chi connectivity index (χ2v) is 28.5. The Labute approximate surface area is 909 Å². The van der Waals surface area contributed by atoms with Crippen LogP contribution in [0.25, 0.3) is 156 Å². The second-order valence-electron chi connectivity index (χ2n) is 28.5. The highest BCUT2D eigenvalue weighted by molar-refractivity contribution is 6.00. The maximum atomic E-state index is 2.37. The molecule has 0 amide bonds. The van der Waals surface area contributed by atoms with E-state index in [4.69, 9.17) is 0 Å². The van der Waals surface area contributed by atoms with Crippen molar-refractivity contribution in [2.45, 2.75) is 277 Å². The van der Waals surface area contributed by atoms with Gasteiger partial charge in [-0.25, -0.2) is 0 Å². The average molecular weight is 1980 g/mol. The van der Waals surface area contributed by atoms with E-state index in [1.54, 1.807) is 0 Å². The van der Waals surface area contributed by atoms with Crippen molar-refractivity contribution < 1.29 is 0 Å². The van der Waals surface area contributed by atoms with Crippen LogP contribution < -0.4 is 0 Å². The van der Waals surface area contributed by atoms with Gasteiger partial charge in [-0.05, 0) is 214 Å². The molecule has 0 aliphatic carbocycles. The third-order valence-corrected chi connectivity index (χ3v) is 20.5. The molecule has 18 aromatic carbocycles. The topological polar surface area (TPSA) is 0 Å². The lowest BCUT2D eigenvalue weighted by atomic mass is 9.84. The van der Waals surface area contributed by atoms with Crippen LogP contribution in [-0.2, 0) is 0 Å². The fourth-order valence-corrected chi connectivity index (χ4v) is 15.1. The minimum atomic E-state index is 1.23.